The van der Waals surface area contributed by atoms with Crippen LogP contribution in [-0.4, -0.2) is 24.1 Å². The second kappa shape index (κ2) is 8.28. The summed E-state index contributed by atoms with van der Waals surface area (Å²) in [6.45, 7) is 0.807. The third-order valence-electron chi connectivity index (χ3n) is 6.07. The van der Waals surface area contributed by atoms with Crippen LogP contribution in [-0.2, 0) is 19.1 Å². The van der Waals surface area contributed by atoms with Crippen molar-refractivity contribution in [1.29, 1.82) is 0 Å². The van der Waals surface area contributed by atoms with E-state index < -0.39 is 23.5 Å². The van der Waals surface area contributed by atoms with E-state index in [0.29, 0.717) is 47.7 Å². The largest absolute Gasteiger partial charge is 0.416 e. The molecular formula is C24H20F4N4O2. The Morgan fingerprint density at radius 1 is 0.882 bits per heavy atom. The molecule has 2 aliphatic rings. The Hall–Kier alpha value is -3.66. The van der Waals surface area contributed by atoms with Crippen molar-refractivity contribution in [2.24, 2.45) is 0 Å². The van der Waals surface area contributed by atoms with Crippen LogP contribution in [0.3, 0.4) is 0 Å². The molecule has 2 aromatic carbocycles. The second-order valence-electron chi connectivity index (χ2n) is 8.27. The summed E-state index contributed by atoms with van der Waals surface area (Å²) in [5, 5.41) is 3.20. The molecule has 1 aromatic heterocycles. The van der Waals surface area contributed by atoms with Crippen molar-refractivity contribution in [2.45, 2.75) is 25.6 Å². The molecule has 1 amide bonds. The number of hydrogen-bond acceptors (Lipinski definition) is 4. The fraction of sp³-hybridized carbons (Fsp3) is 0.250. The van der Waals surface area contributed by atoms with Gasteiger partial charge in [0, 0.05) is 18.3 Å². The Kier molecular flexibility index (Phi) is 5.40. The van der Waals surface area contributed by atoms with Crippen molar-refractivity contribution in [2.75, 3.05) is 23.0 Å². The molecule has 0 saturated heterocycles. The van der Waals surface area contributed by atoms with E-state index in [4.69, 9.17) is 0 Å². The third kappa shape index (κ3) is 3.94. The van der Waals surface area contributed by atoms with Crippen molar-refractivity contribution in [3.8, 4) is 0 Å². The maximum atomic E-state index is 14.1. The zero-order valence-electron chi connectivity index (χ0n) is 17.9. The maximum Gasteiger partial charge on any atom is 0.416 e. The summed E-state index contributed by atoms with van der Waals surface area (Å²) in [6.07, 6.45) is -3.45. The molecule has 10 heteroatoms. The molecule has 2 bridgehead atoms. The fourth-order valence-electron chi connectivity index (χ4n) is 4.47. The standard InChI is InChI=1S/C24H20F4N4O2/c25-16-4-6-19-14(10-16)2-1-9-29-12-18-21(7-8-22(33)30-18)32-13-31(19)20-5-3-15(24(26,27)28)11-17(20)23(32)34/h3-8,10-11,29H,1-2,9,12-13H2,(H,30,33). The van der Waals surface area contributed by atoms with Crippen molar-refractivity contribution in [3.63, 3.8) is 0 Å². The number of pyridine rings is 1. The molecule has 0 atom stereocenters. The number of aryl methyl sites for hydroxylation is 1. The van der Waals surface area contributed by atoms with Gasteiger partial charge in [-0.3, -0.25) is 14.5 Å². The number of carbonyl (C=O) groups is 1. The summed E-state index contributed by atoms with van der Waals surface area (Å²) in [4.78, 5) is 31.2. The van der Waals surface area contributed by atoms with E-state index in [1.165, 1.54) is 35.2 Å². The lowest BCUT2D eigenvalue weighted by Gasteiger charge is -2.40. The quantitative estimate of drug-likeness (QED) is 0.478. The molecule has 5 rings (SSSR count). The normalized spacial score (nSPS) is 16.2. The lowest BCUT2D eigenvalue weighted by molar-refractivity contribution is -0.137. The number of carbonyl (C=O) groups excluding carboxylic acids is 1. The van der Waals surface area contributed by atoms with Crippen LogP contribution in [0.2, 0.25) is 0 Å². The summed E-state index contributed by atoms with van der Waals surface area (Å²) in [5.74, 6) is -1.04. The molecule has 176 valence electrons. The summed E-state index contributed by atoms with van der Waals surface area (Å²) >= 11 is 0. The number of benzene rings is 2. The van der Waals surface area contributed by atoms with Gasteiger partial charge >= 0.3 is 6.18 Å². The molecule has 3 heterocycles. The zero-order valence-corrected chi connectivity index (χ0v) is 17.9. The molecule has 0 radical (unpaired) electrons. The van der Waals surface area contributed by atoms with E-state index in [-0.39, 0.29) is 24.3 Å². The van der Waals surface area contributed by atoms with Crippen LogP contribution in [0, 0.1) is 5.82 Å². The Morgan fingerprint density at radius 2 is 1.65 bits per heavy atom. The van der Waals surface area contributed by atoms with Gasteiger partial charge in [-0.25, -0.2) is 4.39 Å². The number of amides is 1. The average molecular weight is 472 g/mol. The topological polar surface area (TPSA) is 68.4 Å². The number of aromatic amines is 1. The molecule has 2 aliphatic heterocycles. The van der Waals surface area contributed by atoms with Gasteiger partial charge in [-0.1, -0.05) is 0 Å². The first kappa shape index (κ1) is 22.1. The predicted molar refractivity (Wildman–Crippen MR) is 119 cm³/mol. The van der Waals surface area contributed by atoms with Crippen molar-refractivity contribution in [3.05, 3.63) is 87.1 Å². The summed E-state index contributed by atoms with van der Waals surface area (Å²) in [6, 6.07) is 10.1. The smallest absolute Gasteiger partial charge is 0.323 e. The second-order valence-corrected chi connectivity index (χ2v) is 8.27. The number of nitrogens with one attached hydrogen (secondary N) is 2. The average Bonchev–Trinajstić information content (AvgIpc) is 2.79. The monoisotopic (exact) mass is 472 g/mol. The van der Waals surface area contributed by atoms with Crippen LogP contribution in [0.5, 0.6) is 0 Å². The molecular weight excluding hydrogens is 452 g/mol. The Bertz CT molecular complexity index is 1340. The van der Waals surface area contributed by atoms with Crippen LogP contribution in [0.25, 0.3) is 0 Å². The lowest BCUT2D eigenvalue weighted by Crippen LogP contribution is -2.46. The minimum atomic E-state index is -4.63. The number of hydrogen-bond donors (Lipinski definition) is 2. The van der Waals surface area contributed by atoms with E-state index >= 15 is 0 Å². The molecule has 0 fully saturated rings. The fourth-order valence-corrected chi connectivity index (χ4v) is 4.47. The highest BCUT2D eigenvalue weighted by atomic mass is 19.4. The molecule has 34 heavy (non-hydrogen) atoms. The minimum Gasteiger partial charge on any atom is -0.323 e. The number of H-pyrrole nitrogens is 1. The van der Waals surface area contributed by atoms with Crippen LogP contribution < -0.4 is 20.7 Å². The SMILES string of the molecule is O=C1c2cc(C(F)(F)F)ccc2N2CN1c1ccc(=O)[nH]c1CNCCCc1cc(F)ccc12. The Morgan fingerprint density at radius 3 is 2.44 bits per heavy atom. The highest BCUT2D eigenvalue weighted by Gasteiger charge is 2.37. The Balaban J connectivity index is 1.75. The van der Waals surface area contributed by atoms with E-state index in [1.807, 2.05) is 0 Å². The maximum absolute atomic E-state index is 14.1. The highest BCUT2D eigenvalue weighted by Crippen LogP contribution is 2.41. The van der Waals surface area contributed by atoms with Crippen LogP contribution >= 0.6 is 0 Å². The van der Waals surface area contributed by atoms with E-state index in [1.54, 1.807) is 11.0 Å². The van der Waals surface area contributed by atoms with Crippen molar-refractivity contribution >= 4 is 23.0 Å². The summed E-state index contributed by atoms with van der Waals surface area (Å²) in [7, 11) is 0. The van der Waals surface area contributed by atoms with Gasteiger partial charge in [0.1, 0.15) is 12.5 Å². The molecule has 2 N–H and O–H groups in total. The molecule has 3 aromatic rings. The van der Waals surface area contributed by atoms with E-state index in [9.17, 15) is 27.2 Å². The number of aromatic nitrogens is 1. The van der Waals surface area contributed by atoms with Crippen molar-refractivity contribution in [1.82, 2.24) is 10.3 Å². The number of alkyl halides is 3. The summed E-state index contributed by atoms with van der Waals surface area (Å²) in [5.41, 5.74) is 1.02. The number of fused-ring (bicyclic) bond motifs is 8. The number of halogens is 4. The van der Waals surface area contributed by atoms with Crippen LogP contribution in [0.1, 0.15) is 33.6 Å². The van der Waals surface area contributed by atoms with E-state index in [0.717, 1.165) is 12.1 Å². The van der Waals surface area contributed by atoms with Gasteiger partial charge in [0.05, 0.1) is 28.2 Å². The third-order valence-corrected chi connectivity index (χ3v) is 6.07. The number of rotatable bonds is 0. The first-order valence-electron chi connectivity index (χ1n) is 10.7. The number of anilines is 3. The molecule has 0 aliphatic carbocycles. The van der Waals surface area contributed by atoms with Crippen molar-refractivity contribution < 1.29 is 22.4 Å². The van der Waals surface area contributed by atoms with Gasteiger partial charge in [0.2, 0.25) is 5.56 Å². The molecule has 6 nitrogen and oxygen atoms in total. The Labute approximate surface area is 191 Å². The highest BCUT2D eigenvalue weighted by molar-refractivity contribution is 6.13. The van der Waals surface area contributed by atoms with Gasteiger partial charge < -0.3 is 15.2 Å². The first-order chi connectivity index (χ1) is 16.2. The van der Waals surface area contributed by atoms with Gasteiger partial charge in [-0.15, -0.1) is 0 Å². The zero-order chi connectivity index (χ0) is 24.0. The molecule has 0 unspecified atom stereocenters. The van der Waals surface area contributed by atoms with Gasteiger partial charge in [-0.05, 0) is 67.4 Å². The summed E-state index contributed by atoms with van der Waals surface area (Å²) < 4.78 is 54.5. The van der Waals surface area contributed by atoms with Gasteiger partial charge in [0.15, 0.2) is 0 Å². The molecule has 0 spiro atoms. The molecule has 0 saturated carbocycles. The van der Waals surface area contributed by atoms with Crippen LogP contribution in [0.4, 0.5) is 34.6 Å². The number of nitrogens with zero attached hydrogens (tertiary/aromatic N) is 2. The van der Waals surface area contributed by atoms with E-state index in [2.05, 4.69) is 10.3 Å². The van der Waals surface area contributed by atoms with Crippen LogP contribution in [0.15, 0.2) is 53.3 Å². The minimum absolute atomic E-state index is 0.0190. The predicted octanol–water partition coefficient (Wildman–Crippen LogP) is 4.32. The first-order valence-corrected chi connectivity index (χ1v) is 10.7. The van der Waals surface area contributed by atoms with Gasteiger partial charge in [0.25, 0.3) is 5.91 Å². The van der Waals surface area contributed by atoms with Gasteiger partial charge in [-0.2, -0.15) is 13.2 Å². The lowest BCUT2D eigenvalue weighted by atomic mass is 10.00.